The number of Topliss-reactive ketones (excluding diaryl/α,β-unsaturated/α-hetero) is 1. The minimum Gasteiger partial charge on any atom is -0.497 e. The van der Waals surface area contributed by atoms with Gasteiger partial charge in [0, 0.05) is 11.8 Å². The van der Waals surface area contributed by atoms with Crippen LogP contribution in [0.5, 0.6) is 5.75 Å². The molecule has 1 N–H and O–H groups in total. The van der Waals surface area contributed by atoms with Gasteiger partial charge in [0.2, 0.25) is 0 Å². The molecular formula is C19H20N2O4. The van der Waals surface area contributed by atoms with Crippen molar-refractivity contribution >= 4 is 18.1 Å². The molecule has 6 heteroatoms. The Balaban J connectivity index is 2.23. The molecular weight excluding hydrogens is 320 g/mol. The third-order valence-electron chi connectivity index (χ3n) is 3.47. The summed E-state index contributed by atoms with van der Waals surface area (Å²) in [7, 11) is 1.57. The third-order valence-corrected chi connectivity index (χ3v) is 3.47. The van der Waals surface area contributed by atoms with Gasteiger partial charge < -0.3 is 9.47 Å². The maximum absolute atomic E-state index is 12.9. The van der Waals surface area contributed by atoms with Crippen molar-refractivity contribution in [1.29, 1.82) is 0 Å². The number of hydrogen-bond donors (Lipinski definition) is 1. The van der Waals surface area contributed by atoms with Crippen LogP contribution in [0.3, 0.4) is 0 Å². The van der Waals surface area contributed by atoms with Crippen molar-refractivity contribution < 1.29 is 19.1 Å². The summed E-state index contributed by atoms with van der Waals surface area (Å²) in [4.78, 5) is 24.2. The molecule has 0 bridgehead atoms. The highest BCUT2D eigenvalue weighted by Gasteiger charge is 2.20. The minimum atomic E-state index is -0.664. The summed E-state index contributed by atoms with van der Waals surface area (Å²) in [6.45, 7) is 1.94. The number of nitrogens with one attached hydrogen (secondary N) is 1. The van der Waals surface area contributed by atoms with E-state index in [4.69, 9.17) is 9.47 Å². The monoisotopic (exact) mass is 340 g/mol. The molecule has 0 heterocycles. The van der Waals surface area contributed by atoms with E-state index in [1.54, 1.807) is 38.3 Å². The van der Waals surface area contributed by atoms with Crippen LogP contribution < -0.4 is 10.2 Å². The van der Waals surface area contributed by atoms with Gasteiger partial charge in [-0.1, -0.05) is 30.3 Å². The quantitative estimate of drug-likeness (QED) is 0.476. The maximum atomic E-state index is 12.9. The van der Waals surface area contributed by atoms with Crippen molar-refractivity contribution in [2.75, 3.05) is 13.7 Å². The van der Waals surface area contributed by atoms with Gasteiger partial charge in [0.1, 0.15) is 5.75 Å². The first-order valence-electron chi connectivity index (χ1n) is 7.85. The molecule has 130 valence electrons. The van der Waals surface area contributed by atoms with Crippen molar-refractivity contribution in [1.82, 2.24) is 5.43 Å². The lowest BCUT2D eigenvalue weighted by atomic mass is 9.91. The lowest BCUT2D eigenvalue weighted by molar-refractivity contribution is 0.0983. The van der Waals surface area contributed by atoms with Gasteiger partial charge >= 0.3 is 6.09 Å². The number of methoxy groups -OCH3 is 1. The van der Waals surface area contributed by atoms with E-state index in [0.717, 1.165) is 5.56 Å². The van der Waals surface area contributed by atoms with E-state index in [0.29, 0.717) is 11.3 Å². The molecule has 1 amide bonds. The van der Waals surface area contributed by atoms with E-state index in [-0.39, 0.29) is 12.4 Å². The van der Waals surface area contributed by atoms with E-state index in [1.807, 2.05) is 30.3 Å². The molecule has 2 aromatic carbocycles. The molecule has 0 aliphatic heterocycles. The summed E-state index contributed by atoms with van der Waals surface area (Å²) >= 11 is 0. The molecule has 0 saturated heterocycles. The van der Waals surface area contributed by atoms with Gasteiger partial charge in [-0.15, -0.1) is 0 Å². The summed E-state index contributed by atoms with van der Waals surface area (Å²) in [5, 5.41) is 3.85. The maximum Gasteiger partial charge on any atom is 0.427 e. The minimum absolute atomic E-state index is 0.136. The molecule has 1 unspecified atom stereocenters. The Morgan fingerprint density at radius 2 is 1.80 bits per heavy atom. The summed E-state index contributed by atoms with van der Waals surface area (Å²) in [5.41, 5.74) is 3.55. The van der Waals surface area contributed by atoms with Crippen LogP contribution in [-0.2, 0) is 4.74 Å². The fraction of sp³-hybridized carbons (Fsp3) is 0.211. The van der Waals surface area contributed by atoms with Crippen molar-refractivity contribution in [3.63, 3.8) is 0 Å². The zero-order chi connectivity index (χ0) is 18.1. The summed E-state index contributed by atoms with van der Waals surface area (Å²) in [6, 6.07) is 16.1. The van der Waals surface area contributed by atoms with Crippen LogP contribution in [0, 0.1) is 0 Å². The largest absolute Gasteiger partial charge is 0.497 e. The molecule has 25 heavy (non-hydrogen) atoms. The van der Waals surface area contributed by atoms with Crippen LogP contribution >= 0.6 is 0 Å². The Kier molecular flexibility index (Phi) is 6.71. The third kappa shape index (κ3) is 5.17. The zero-order valence-electron chi connectivity index (χ0n) is 14.1. The molecule has 2 aromatic rings. The molecule has 0 spiro atoms. The predicted octanol–water partition coefficient (Wildman–Crippen LogP) is 3.39. The molecule has 0 aliphatic carbocycles. The molecule has 0 fully saturated rings. The zero-order valence-corrected chi connectivity index (χ0v) is 14.1. The van der Waals surface area contributed by atoms with Crippen molar-refractivity contribution in [2.45, 2.75) is 12.8 Å². The van der Waals surface area contributed by atoms with E-state index in [2.05, 4.69) is 10.5 Å². The molecule has 0 saturated carbocycles. The highest BCUT2D eigenvalue weighted by atomic mass is 16.5. The normalized spacial score (nSPS) is 11.8. The predicted molar refractivity (Wildman–Crippen MR) is 95.2 cm³/mol. The second-order valence-corrected chi connectivity index (χ2v) is 5.09. The smallest absolute Gasteiger partial charge is 0.427 e. The Morgan fingerprint density at radius 1 is 1.12 bits per heavy atom. The first-order chi connectivity index (χ1) is 12.2. The summed E-state index contributed by atoms with van der Waals surface area (Å²) < 4.78 is 9.85. The van der Waals surface area contributed by atoms with E-state index >= 15 is 0 Å². The number of nitrogens with zero attached hydrogens (tertiary/aromatic N) is 1. The van der Waals surface area contributed by atoms with Crippen molar-refractivity contribution in [3.05, 3.63) is 65.7 Å². The molecule has 0 aliphatic rings. The number of ketones is 1. The lowest BCUT2D eigenvalue weighted by Crippen LogP contribution is -2.21. The average Bonchev–Trinajstić information content (AvgIpc) is 2.66. The Morgan fingerprint density at radius 3 is 2.40 bits per heavy atom. The summed E-state index contributed by atoms with van der Waals surface area (Å²) in [5.74, 6) is -0.0924. The molecule has 0 aromatic heterocycles. The van der Waals surface area contributed by atoms with E-state index < -0.39 is 12.0 Å². The van der Waals surface area contributed by atoms with Gasteiger partial charge in [-0.25, -0.2) is 10.2 Å². The number of benzene rings is 2. The number of hydrogen-bond acceptors (Lipinski definition) is 5. The molecule has 6 nitrogen and oxygen atoms in total. The number of carbonyl (C=O) groups is 2. The standard InChI is InChI=1S/C19H20N2O4/c1-3-25-19(23)21-20-13-17(14-7-5-4-6-8-14)18(22)15-9-11-16(24-2)12-10-15/h4-13,17H,3H2,1-2H3,(H,21,23)/b20-13-. The van der Waals surface area contributed by atoms with Gasteiger partial charge in [-0.05, 0) is 36.8 Å². The van der Waals surface area contributed by atoms with E-state index in [9.17, 15) is 9.59 Å². The van der Waals surface area contributed by atoms with Crippen LogP contribution in [0.15, 0.2) is 59.7 Å². The first kappa shape index (κ1) is 18.2. The Bertz CT molecular complexity index is 727. The second kappa shape index (κ2) is 9.22. The molecule has 2 rings (SSSR count). The number of ether oxygens (including phenoxy) is 2. The summed E-state index contributed by atoms with van der Waals surface area (Å²) in [6.07, 6.45) is 0.737. The highest BCUT2D eigenvalue weighted by Crippen LogP contribution is 2.21. The van der Waals surface area contributed by atoms with Crippen molar-refractivity contribution in [2.24, 2.45) is 5.10 Å². The van der Waals surface area contributed by atoms with Gasteiger partial charge in [0.25, 0.3) is 0 Å². The van der Waals surface area contributed by atoms with E-state index in [1.165, 1.54) is 6.21 Å². The van der Waals surface area contributed by atoms with Gasteiger partial charge in [-0.3, -0.25) is 4.79 Å². The van der Waals surface area contributed by atoms with Gasteiger partial charge in [0.05, 0.1) is 19.6 Å². The average molecular weight is 340 g/mol. The van der Waals surface area contributed by atoms with Crippen LogP contribution in [0.1, 0.15) is 28.8 Å². The lowest BCUT2D eigenvalue weighted by Gasteiger charge is -2.12. The van der Waals surface area contributed by atoms with Crippen LogP contribution in [0.2, 0.25) is 0 Å². The molecule has 1 atom stereocenters. The van der Waals surface area contributed by atoms with Crippen LogP contribution in [-0.4, -0.2) is 31.8 Å². The molecule has 0 radical (unpaired) electrons. The van der Waals surface area contributed by atoms with Gasteiger partial charge in [0.15, 0.2) is 5.78 Å². The number of amides is 1. The number of rotatable bonds is 7. The fourth-order valence-corrected chi connectivity index (χ4v) is 2.23. The number of carbonyl (C=O) groups excluding carboxylic acids is 2. The van der Waals surface area contributed by atoms with Gasteiger partial charge in [-0.2, -0.15) is 5.10 Å². The van der Waals surface area contributed by atoms with Crippen LogP contribution in [0.4, 0.5) is 4.79 Å². The second-order valence-electron chi connectivity index (χ2n) is 5.09. The topological polar surface area (TPSA) is 77.0 Å². The highest BCUT2D eigenvalue weighted by molar-refractivity contribution is 6.10. The Hall–Kier alpha value is -3.15. The number of hydrazone groups is 1. The van der Waals surface area contributed by atoms with Crippen molar-refractivity contribution in [3.8, 4) is 5.75 Å². The fourth-order valence-electron chi connectivity index (χ4n) is 2.23. The first-order valence-corrected chi connectivity index (χ1v) is 7.85. The SMILES string of the molecule is CCOC(=O)N/N=C\C(C(=O)c1ccc(OC)cc1)c1ccccc1. The van der Waals surface area contributed by atoms with Crippen LogP contribution in [0.25, 0.3) is 0 Å². The Labute approximate surface area is 146 Å².